The lowest BCUT2D eigenvalue weighted by Gasteiger charge is -2.18. The fourth-order valence-corrected chi connectivity index (χ4v) is 2.91. The summed E-state index contributed by atoms with van der Waals surface area (Å²) >= 11 is 5.98. The molecule has 2 aromatic rings. The Morgan fingerprint density at radius 2 is 1.07 bits per heavy atom. The summed E-state index contributed by atoms with van der Waals surface area (Å²) in [7, 11) is 2.00. The Balaban J connectivity index is 0.000000280. The first-order valence-electron chi connectivity index (χ1n) is 7.33. The van der Waals surface area contributed by atoms with Crippen LogP contribution in [0.4, 0.5) is 26.3 Å². The Kier molecular flexibility index (Phi) is 9.31. The smallest absolute Gasteiger partial charge is 0.366 e. The van der Waals surface area contributed by atoms with Gasteiger partial charge < -0.3 is 9.47 Å². The topological polar surface area (TPSA) is 44.2 Å². The molecule has 0 saturated carbocycles. The molecular formula is C16H14Br2F6N2O2. The Bertz CT molecular complexity index is 695. The molecule has 0 fully saturated rings. The van der Waals surface area contributed by atoms with Gasteiger partial charge in [-0.1, -0.05) is 0 Å². The van der Waals surface area contributed by atoms with Gasteiger partial charge in [0.15, 0.2) is 12.2 Å². The molecule has 12 heteroatoms. The third-order valence-corrected chi connectivity index (χ3v) is 4.48. The van der Waals surface area contributed by atoms with Gasteiger partial charge in [-0.2, -0.15) is 26.3 Å². The average molecular weight is 540 g/mol. The minimum Gasteiger partial charge on any atom is -0.366 e. The number of pyridine rings is 2. The van der Waals surface area contributed by atoms with Crippen molar-refractivity contribution in [3.8, 4) is 0 Å². The quantitative estimate of drug-likeness (QED) is 0.435. The van der Waals surface area contributed by atoms with Gasteiger partial charge in [0.05, 0.1) is 11.4 Å². The second-order valence-corrected chi connectivity index (χ2v) is 6.76. The number of hydrogen-bond donors (Lipinski definition) is 0. The fraction of sp³-hybridized carbons (Fsp3) is 0.375. The Morgan fingerprint density at radius 3 is 1.29 bits per heavy atom. The summed E-state index contributed by atoms with van der Waals surface area (Å²) in [5.74, 6) is 0. The van der Waals surface area contributed by atoms with Gasteiger partial charge in [-0.15, -0.1) is 0 Å². The second-order valence-electron chi connectivity index (χ2n) is 5.06. The van der Waals surface area contributed by atoms with Crippen LogP contribution in [0.3, 0.4) is 0 Å². The molecular weight excluding hydrogens is 526 g/mol. The number of halogens is 8. The summed E-state index contributed by atoms with van der Waals surface area (Å²) < 4.78 is 83.7. The van der Waals surface area contributed by atoms with E-state index in [4.69, 9.17) is 0 Å². The Labute approximate surface area is 173 Å². The molecule has 0 aliphatic carbocycles. The summed E-state index contributed by atoms with van der Waals surface area (Å²) in [4.78, 5) is 7.25. The van der Waals surface area contributed by atoms with Crippen molar-refractivity contribution in [2.24, 2.45) is 0 Å². The summed E-state index contributed by atoms with van der Waals surface area (Å²) in [5.41, 5.74) is -0.329. The van der Waals surface area contributed by atoms with E-state index in [2.05, 4.69) is 51.3 Å². The van der Waals surface area contributed by atoms with E-state index >= 15 is 0 Å². The number of rotatable bonds is 4. The summed E-state index contributed by atoms with van der Waals surface area (Å²) in [6, 6.07) is 6.05. The third kappa shape index (κ3) is 6.98. The number of ether oxygens (including phenoxy) is 2. The lowest BCUT2D eigenvalue weighted by Crippen LogP contribution is -2.23. The van der Waals surface area contributed by atoms with E-state index in [0.717, 1.165) is 14.2 Å². The molecule has 0 bridgehead atoms. The molecule has 0 amide bonds. The van der Waals surface area contributed by atoms with Gasteiger partial charge in [0.1, 0.15) is 0 Å². The molecule has 0 N–H and O–H groups in total. The van der Waals surface area contributed by atoms with Crippen LogP contribution in [-0.4, -0.2) is 36.5 Å². The van der Waals surface area contributed by atoms with Crippen molar-refractivity contribution in [1.29, 1.82) is 0 Å². The number of nitrogens with zero attached hydrogens (tertiary/aromatic N) is 2. The first-order chi connectivity index (χ1) is 12.9. The number of methoxy groups -OCH3 is 2. The number of aromatic nitrogens is 2. The minimum absolute atomic E-state index is 0.164. The van der Waals surface area contributed by atoms with Gasteiger partial charge in [-0.05, 0) is 56.1 Å². The molecule has 2 rings (SSSR count). The largest absolute Gasteiger partial charge is 0.420 e. The standard InChI is InChI=1S/2C8H7BrF3NO/c2*1-14-7(8(10,11)12)6-5(9)3-2-4-13-6/h2*2-4,7H,1H3. The Morgan fingerprint density at radius 1 is 0.750 bits per heavy atom. The zero-order valence-corrected chi connectivity index (χ0v) is 17.5. The lowest BCUT2D eigenvalue weighted by atomic mass is 10.2. The first kappa shape index (κ1) is 24.8. The predicted molar refractivity (Wildman–Crippen MR) is 95.5 cm³/mol. The molecule has 2 unspecified atom stereocenters. The van der Waals surface area contributed by atoms with Crippen LogP contribution >= 0.6 is 31.9 Å². The van der Waals surface area contributed by atoms with Crippen molar-refractivity contribution in [2.45, 2.75) is 24.6 Å². The zero-order valence-electron chi connectivity index (χ0n) is 14.4. The number of alkyl halides is 6. The highest BCUT2D eigenvalue weighted by Gasteiger charge is 2.43. The zero-order chi connectivity index (χ0) is 21.5. The van der Waals surface area contributed by atoms with E-state index in [-0.39, 0.29) is 20.3 Å². The highest BCUT2D eigenvalue weighted by molar-refractivity contribution is 9.10. The molecule has 0 aliphatic rings. The monoisotopic (exact) mass is 538 g/mol. The predicted octanol–water partition coefficient (Wildman–Crippen LogP) is 6.19. The van der Waals surface area contributed by atoms with Crippen LogP contribution < -0.4 is 0 Å². The highest BCUT2D eigenvalue weighted by Crippen LogP contribution is 2.38. The van der Waals surface area contributed by atoms with E-state index in [1.54, 1.807) is 0 Å². The maximum Gasteiger partial charge on any atom is 0.420 e. The molecule has 0 radical (unpaired) electrons. The molecule has 0 aliphatic heterocycles. The molecule has 2 atom stereocenters. The minimum atomic E-state index is -4.45. The van der Waals surface area contributed by atoms with E-state index in [1.807, 2.05) is 0 Å². The van der Waals surface area contributed by atoms with Gasteiger partial charge in [-0.3, -0.25) is 9.97 Å². The van der Waals surface area contributed by atoms with Gasteiger partial charge in [0.2, 0.25) is 0 Å². The highest BCUT2D eigenvalue weighted by atomic mass is 79.9. The Hall–Kier alpha value is -1.24. The van der Waals surface area contributed by atoms with E-state index in [9.17, 15) is 26.3 Å². The lowest BCUT2D eigenvalue weighted by molar-refractivity contribution is -0.217. The third-order valence-electron chi connectivity index (χ3n) is 3.14. The van der Waals surface area contributed by atoms with E-state index in [1.165, 1.54) is 36.7 Å². The van der Waals surface area contributed by atoms with Crippen LogP contribution in [0.5, 0.6) is 0 Å². The normalized spacial score (nSPS) is 14.1. The van der Waals surface area contributed by atoms with Crippen molar-refractivity contribution < 1.29 is 35.8 Å². The average Bonchev–Trinajstić information content (AvgIpc) is 2.58. The van der Waals surface area contributed by atoms with E-state index in [0.29, 0.717) is 0 Å². The van der Waals surface area contributed by atoms with Crippen molar-refractivity contribution in [3.05, 3.63) is 57.0 Å². The molecule has 2 heterocycles. The molecule has 0 saturated heterocycles. The van der Waals surface area contributed by atoms with Crippen molar-refractivity contribution >= 4 is 31.9 Å². The van der Waals surface area contributed by atoms with Crippen LogP contribution in [0.15, 0.2) is 45.6 Å². The van der Waals surface area contributed by atoms with Crippen LogP contribution in [0.1, 0.15) is 23.6 Å². The molecule has 28 heavy (non-hydrogen) atoms. The maximum atomic E-state index is 12.4. The first-order valence-corrected chi connectivity index (χ1v) is 8.91. The summed E-state index contributed by atoms with van der Waals surface area (Å²) in [6.45, 7) is 0. The van der Waals surface area contributed by atoms with Crippen LogP contribution in [0.25, 0.3) is 0 Å². The van der Waals surface area contributed by atoms with E-state index < -0.39 is 24.6 Å². The molecule has 0 aromatic carbocycles. The number of hydrogen-bond acceptors (Lipinski definition) is 4. The van der Waals surface area contributed by atoms with Crippen LogP contribution in [-0.2, 0) is 9.47 Å². The van der Waals surface area contributed by atoms with Gasteiger partial charge >= 0.3 is 12.4 Å². The second kappa shape index (κ2) is 10.5. The van der Waals surface area contributed by atoms with Gasteiger partial charge in [-0.25, -0.2) is 0 Å². The summed E-state index contributed by atoms with van der Waals surface area (Å²) in [5, 5.41) is 0. The van der Waals surface area contributed by atoms with Crippen molar-refractivity contribution in [1.82, 2.24) is 9.97 Å². The maximum absolute atomic E-state index is 12.4. The van der Waals surface area contributed by atoms with Crippen molar-refractivity contribution in [3.63, 3.8) is 0 Å². The summed E-state index contributed by atoms with van der Waals surface area (Å²) in [6.07, 6.45) is -10.3. The molecule has 0 spiro atoms. The van der Waals surface area contributed by atoms with Crippen molar-refractivity contribution in [2.75, 3.05) is 14.2 Å². The molecule has 4 nitrogen and oxygen atoms in total. The van der Waals surface area contributed by atoms with Crippen LogP contribution in [0.2, 0.25) is 0 Å². The molecule has 156 valence electrons. The van der Waals surface area contributed by atoms with Gasteiger partial charge in [0, 0.05) is 35.6 Å². The SMILES string of the molecule is COC(c1ncccc1Br)C(F)(F)F.COC(c1ncccc1Br)C(F)(F)F. The fourth-order valence-electron chi connectivity index (χ4n) is 1.98. The van der Waals surface area contributed by atoms with Crippen LogP contribution in [0, 0.1) is 0 Å². The molecule has 2 aromatic heterocycles. The van der Waals surface area contributed by atoms with Gasteiger partial charge in [0.25, 0.3) is 0 Å².